The minimum Gasteiger partial charge on any atom is -0.480 e. The molecule has 2 aliphatic rings. The summed E-state index contributed by atoms with van der Waals surface area (Å²) in [5.74, 6) is -0.762. The van der Waals surface area contributed by atoms with E-state index in [0.717, 1.165) is 25.9 Å². The van der Waals surface area contributed by atoms with E-state index >= 15 is 0 Å². The number of hydrogen-bond acceptors (Lipinski definition) is 4. The summed E-state index contributed by atoms with van der Waals surface area (Å²) in [5.41, 5.74) is 5.44. The number of morpholine rings is 1. The molecule has 0 aliphatic carbocycles. The van der Waals surface area contributed by atoms with Gasteiger partial charge in [-0.15, -0.1) is 0 Å². The van der Waals surface area contributed by atoms with Gasteiger partial charge in [0, 0.05) is 13.1 Å². The molecule has 0 aromatic heterocycles. The maximum absolute atomic E-state index is 11.1. The first-order valence-corrected chi connectivity index (χ1v) is 5.53. The predicted octanol–water partition coefficient (Wildman–Crippen LogP) is -0.348. The van der Waals surface area contributed by atoms with Crippen LogP contribution in [0.4, 0.5) is 0 Å². The molecule has 3 unspecified atom stereocenters. The van der Waals surface area contributed by atoms with E-state index in [9.17, 15) is 4.79 Å². The van der Waals surface area contributed by atoms with E-state index in [2.05, 4.69) is 0 Å². The van der Waals surface area contributed by atoms with Crippen LogP contribution in [0.1, 0.15) is 19.3 Å². The van der Waals surface area contributed by atoms with Crippen LogP contribution in [0.15, 0.2) is 0 Å². The van der Waals surface area contributed by atoms with E-state index in [4.69, 9.17) is 15.6 Å². The lowest BCUT2D eigenvalue weighted by Gasteiger charge is -2.35. The van der Waals surface area contributed by atoms with E-state index in [0.29, 0.717) is 13.0 Å². The fourth-order valence-corrected chi connectivity index (χ4v) is 2.52. The molecule has 0 aromatic rings. The lowest BCUT2D eigenvalue weighted by Crippen LogP contribution is -2.51. The zero-order valence-electron chi connectivity index (χ0n) is 8.76. The number of ether oxygens (including phenoxy) is 1. The maximum Gasteiger partial charge on any atom is 0.320 e. The number of hydrogen-bond donors (Lipinski definition) is 2. The van der Waals surface area contributed by atoms with Gasteiger partial charge in [-0.25, -0.2) is 0 Å². The van der Waals surface area contributed by atoms with Gasteiger partial charge in [-0.05, 0) is 25.8 Å². The van der Waals surface area contributed by atoms with Crippen molar-refractivity contribution in [1.82, 2.24) is 4.90 Å². The Morgan fingerprint density at radius 1 is 1.47 bits per heavy atom. The average molecular weight is 214 g/mol. The molecule has 2 aliphatic heterocycles. The number of likely N-dealkylation sites (tertiary alicyclic amines) is 1. The van der Waals surface area contributed by atoms with Gasteiger partial charge in [-0.2, -0.15) is 0 Å². The molecular formula is C10H18N2O3. The van der Waals surface area contributed by atoms with Crippen LogP contribution < -0.4 is 5.73 Å². The summed E-state index contributed by atoms with van der Waals surface area (Å²) in [6.07, 6.45) is 3.13. The topological polar surface area (TPSA) is 75.8 Å². The number of aliphatic carboxylic acids is 1. The van der Waals surface area contributed by atoms with Crippen LogP contribution >= 0.6 is 0 Å². The van der Waals surface area contributed by atoms with Crippen LogP contribution in [-0.2, 0) is 9.53 Å². The minimum absolute atomic E-state index is 0.239. The van der Waals surface area contributed by atoms with E-state index < -0.39 is 12.0 Å². The Morgan fingerprint density at radius 2 is 2.07 bits per heavy atom. The second-order valence-electron chi connectivity index (χ2n) is 4.34. The molecule has 5 heteroatoms. The van der Waals surface area contributed by atoms with Gasteiger partial charge in [0.05, 0.1) is 12.2 Å². The summed E-state index contributed by atoms with van der Waals surface area (Å²) in [7, 11) is 0. The molecule has 5 nitrogen and oxygen atoms in total. The highest BCUT2D eigenvalue weighted by molar-refractivity contribution is 5.73. The van der Waals surface area contributed by atoms with E-state index in [1.807, 2.05) is 4.90 Å². The van der Waals surface area contributed by atoms with Crippen molar-refractivity contribution >= 4 is 5.97 Å². The molecule has 0 saturated carbocycles. The van der Waals surface area contributed by atoms with Crippen molar-refractivity contribution in [2.75, 3.05) is 19.6 Å². The molecule has 2 rings (SSSR count). The van der Waals surface area contributed by atoms with Gasteiger partial charge >= 0.3 is 5.97 Å². The first kappa shape index (κ1) is 10.9. The molecule has 0 spiro atoms. The summed E-state index contributed by atoms with van der Waals surface area (Å²) in [5, 5.41) is 9.11. The SMILES string of the molecule is NCCC(C(=O)O)N1CC2CCC(C1)O2. The zero-order valence-corrected chi connectivity index (χ0v) is 8.76. The highest BCUT2D eigenvalue weighted by Gasteiger charge is 2.38. The van der Waals surface area contributed by atoms with Crippen molar-refractivity contribution in [3.8, 4) is 0 Å². The Hall–Kier alpha value is -0.650. The summed E-state index contributed by atoms with van der Waals surface area (Å²) in [6.45, 7) is 1.91. The minimum atomic E-state index is -0.762. The van der Waals surface area contributed by atoms with E-state index in [1.165, 1.54) is 0 Å². The second kappa shape index (κ2) is 4.47. The van der Waals surface area contributed by atoms with Crippen molar-refractivity contribution in [2.24, 2.45) is 5.73 Å². The summed E-state index contributed by atoms with van der Waals surface area (Å²) >= 11 is 0. The van der Waals surface area contributed by atoms with Crippen molar-refractivity contribution in [3.63, 3.8) is 0 Å². The lowest BCUT2D eigenvalue weighted by atomic mass is 10.1. The smallest absolute Gasteiger partial charge is 0.320 e. The van der Waals surface area contributed by atoms with Gasteiger partial charge in [0.15, 0.2) is 0 Å². The molecule has 0 radical (unpaired) electrons. The van der Waals surface area contributed by atoms with Crippen LogP contribution in [0.3, 0.4) is 0 Å². The number of fused-ring (bicyclic) bond motifs is 2. The Balaban J connectivity index is 1.98. The second-order valence-corrected chi connectivity index (χ2v) is 4.34. The van der Waals surface area contributed by atoms with Crippen molar-refractivity contribution in [2.45, 2.75) is 37.5 Å². The molecule has 0 amide bonds. The average Bonchev–Trinajstić information content (AvgIpc) is 2.54. The standard InChI is InChI=1S/C10H18N2O3/c11-4-3-9(10(13)14)12-5-7-1-2-8(6-12)15-7/h7-9H,1-6,11H2,(H,13,14). The molecule has 86 valence electrons. The fourth-order valence-electron chi connectivity index (χ4n) is 2.52. The van der Waals surface area contributed by atoms with Crippen LogP contribution in [0, 0.1) is 0 Å². The van der Waals surface area contributed by atoms with Gasteiger partial charge in [-0.3, -0.25) is 9.69 Å². The van der Waals surface area contributed by atoms with Gasteiger partial charge in [0.2, 0.25) is 0 Å². The molecule has 0 aromatic carbocycles. The lowest BCUT2D eigenvalue weighted by molar-refractivity contribution is -0.147. The first-order chi connectivity index (χ1) is 7.20. The van der Waals surface area contributed by atoms with Gasteiger partial charge in [0.25, 0.3) is 0 Å². The predicted molar refractivity (Wildman–Crippen MR) is 54.6 cm³/mol. The highest BCUT2D eigenvalue weighted by Crippen LogP contribution is 2.27. The van der Waals surface area contributed by atoms with Crippen molar-refractivity contribution < 1.29 is 14.6 Å². The van der Waals surface area contributed by atoms with Crippen LogP contribution in [0.5, 0.6) is 0 Å². The Morgan fingerprint density at radius 3 is 2.53 bits per heavy atom. The molecule has 3 N–H and O–H groups in total. The Kier molecular flexibility index (Phi) is 3.23. The van der Waals surface area contributed by atoms with Gasteiger partial charge in [-0.1, -0.05) is 0 Å². The number of carboxylic acids is 1. The van der Waals surface area contributed by atoms with Crippen LogP contribution in [0.25, 0.3) is 0 Å². The number of rotatable bonds is 4. The highest BCUT2D eigenvalue weighted by atomic mass is 16.5. The number of nitrogens with two attached hydrogens (primary N) is 1. The molecule has 15 heavy (non-hydrogen) atoms. The summed E-state index contributed by atoms with van der Waals surface area (Å²) in [6, 6.07) is -0.429. The largest absolute Gasteiger partial charge is 0.480 e. The molecule has 2 bridgehead atoms. The molecule has 2 fully saturated rings. The van der Waals surface area contributed by atoms with Crippen LogP contribution in [0.2, 0.25) is 0 Å². The normalized spacial score (nSPS) is 32.9. The van der Waals surface area contributed by atoms with Gasteiger partial charge < -0.3 is 15.6 Å². The molecule has 3 atom stereocenters. The quantitative estimate of drug-likeness (QED) is 0.669. The zero-order chi connectivity index (χ0) is 10.8. The third-order valence-corrected chi connectivity index (χ3v) is 3.24. The Labute approximate surface area is 89.2 Å². The Bertz CT molecular complexity index is 235. The maximum atomic E-state index is 11.1. The fraction of sp³-hybridized carbons (Fsp3) is 0.900. The third-order valence-electron chi connectivity index (χ3n) is 3.24. The summed E-state index contributed by atoms with van der Waals surface area (Å²) < 4.78 is 5.67. The van der Waals surface area contributed by atoms with Crippen molar-refractivity contribution in [3.05, 3.63) is 0 Å². The van der Waals surface area contributed by atoms with Crippen LogP contribution in [-0.4, -0.2) is 53.9 Å². The van der Waals surface area contributed by atoms with Crippen molar-refractivity contribution in [1.29, 1.82) is 0 Å². The molecule has 2 heterocycles. The molecule has 2 saturated heterocycles. The summed E-state index contributed by atoms with van der Waals surface area (Å²) in [4.78, 5) is 13.1. The van der Waals surface area contributed by atoms with E-state index in [1.54, 1.807) is 0 Å². The number of nitrogens with zero attached hydrogens (tertiary/aromatic N) is 1. The number of carbonyl (C=O) groups is 1. The number of carboxylic acid groups (broad SMARTS) is 1. The molecular weight excluding hydrogens is 196 g/mol. The van der Waals surface area contributed by atoms with E-state index in [-0.39, 0.29) is 12.2 Å². The monoisotopic (exact) mass is 214 g/mol. The third kappa shape index (κ3) is 2.30. The first-order valence-electron chi connectivity index (χ1n) is 5.53. The van der Waals surface area contributed by atoms with Gasteiger partial charge in [0.1, 0.15) is 6.04 Å².